The van der Waals surface area contributed by atoms with Crippen LogP contribution >= 0.6 is 0 Å². The fourth-order valence-electron chi connectivity index (χ4n) is 2.30. The Hall–Kier alpha value is -2.30. The molecule has 0 radical (unpaired) electrons. The molecule has 0 fully saturated rings. The van der Waals surface area contributed by atoms with Gasteiger partial charge in [0.2, 0.25) is 0 Å². The number of anilines is 2. The molecule has 22 heavy (non-hydrogen) atoms. The lowest BCUT2D eigenvalue weighted by Gasteiger charge is -2.28. The largest absolute Gasteiger partial charge is 0.399 e. The summed E-state index contributed by atoms with van der Waals surface area (Å²) in [5, 5.41) is 0. The van der Waals surface area contributed by atoms with Gasteiger partial charge in [0.25, 0.3) is 0 Å². The Kier molecular flexibility index (Phi) is 4.85. The second kappa shape index (κ2) is 6.64. The van der Waals surface area contributed by atoms with Gasteiger partial charge in [0.1, 0.15) is 0 Å². The van der Waals surface area contributed by atoms with Crippen molar-refractivity contribution < 1.29 is 4.74 Å². The molecule has 4 nitrogen and oxygen atoms in total. The van der Waals surface area contributed by atoms with E-state index in [9.17, 15) is 0 Å². The summed E-state index contributed by atoms with van der Waals surface area (Å²) in [6.07, 6.45) is 1.54. The third-order valence-electron chi connectivity index (χ3n) is 3.72. The first-order chi connectivity index (χ1) is 10.4. The molecule has 4 heteroatoms. The van der Waals surface area contributed by atoms with E-state index in [2.05, 4.69) is 6.58 Å². The molecule has 2 aromatic carbocycles. The van der Waals surface area contributed by atoms with Gasteiger partial charge in [-0.1, -0.05) is 36.4 Å². The number of rotatable bonds is 6. The van der Waals surface area contributed by atoms with Crippen LogP contribution in [0.3, 0.4) is 0 Å². The predicted octanol–water partition coefficient (Wildman–Crippen LogP) is 2.97. The van der Waals surface area contributed by atoms with Crippen LogP contribution in [0.5, 0.6) is 0 Å². The topological polar surface area (TPSA) is 87.3 Å². The molecular weight excluding hydrogens is 274 g/mol. The van der Waals surface area contributed by atoms with Gasteiger partial charge in [0.05, 0.1) is 18.2 Å². The highest BCUT2D eigenvalue weighted by Crippen LogP contribution is 2.26. The average Bonchev–Trinajstić information content (AvgIpc) is 2.52. The van der Waals surface area contributed by atoms with Crippen LogP contribution in [0.2, 0.25) is 0 Å². The maximum Gasteiger partial charge on any atom is 0.0830 e. The van der Waals surface area contributed by atoms with Gasteiger partial charge in [0, 0.05) is 11.4 Å². The molecule has 6 N–H and O–H groups in total. The summed E-state index contributed by atoms with van der Waals surface area (Å²) in [6, 6.07) is 15.2. The Morgan fingerprint density at radius 2 is 1.73 bits per heavy atom. The number of hydrogen-bond donors (Lipinski definition) is 3. The Balaban J connectivity index is 2.11. The van der Waals surface area contributed by atoms with Crippen LogP contribution in [-0.2, 0) is 10.3 Å². The van der Waals surface area contributed by atoms with Crippen LogP contribution < -0.4 is 17.2 Å². The Morgan fingerprint density at radius 3 is 2.27 bits per heavy atom. The first-order valence-electron chi connectivity index (χ1n) is 7.20. The van der Waals surface area contributed by atoms with E-state index in [1.165, 1.54) is 0 Å². The number of ether oxygens (including phenoxy) is 1. The van der Waals surface area contributed by atoms with Gasteiger partial charge in [-0.25, -0.2) is 0 Å². The molecule has 2 atom stereocenters. The number of benzene rings is 2. The van der Waals surface area contributed by atoms with Crippen LogP contribution in [0.15, 0.2) is 61.2 Å². The number of nitrogen functional groups attached to an aromatic ring is 2. The van der Waals surface area contributed by atoms with Crippen molar-refractivity contribution in [1.82, 2.24) is 0 Å². The highest BCUT2D eigenvalue weighted by atomic mass is 16.5. The third-order valence-corrected chi connectivity index (χ3v) is 3.72. The normalized spacial score (nSPS) is 15.0. The fraction of sp³-hybridized carbons (Fsp3) is 0.222. The van der Waals surface area contributed by atoms with Crippen molar-refractivity contribution in [3.63, 3.8) is 0 Å². The van der Waals surface area contributed by atoms with Crippen LogP contribution in [-0.4, -0.2) is 6.61 Å². The summed E-state index contributed by atoms with van der Waals surface area (Å²) in [5.74, 6) is 0. The molecule has 0 aliphatic heterocycles. The standard InChI is InChI=1S/C18H23N3O/c1-3-18(21,15-7-5-4-6-8-15)12-22-13(2)14-9-16(19)11-17(20)10-14/h3-11,13H,1,12,19-21H2,2H3. The van der Waals surface area contributed by atoms with E-state index in [0.717, 1.165) is 11.1 Å². The zero-order valence-electron chi connectivity index (χ0n) is 12.8. The lowest BCUT2D eigenvalue weighted by molar-refractivity contribution is 0.0398. The summed E-state index contributed by atoms with van der Waals surface area (Å²) >= 11 is 0. The van der Waals surface area contributed by atoms with Gasteiger partial charge < -0.3 is 21.9 Å². The molecule has 2 unspecified atom stereocenters. The van der Waals surface area contributed by atoms with Crippen molar-refractivity contribution in [2.75, 3.05) is 18.1 Å². The zero-order valence-corrected chi connectivity index (χ0v) is 12.8. The van der Waals surface area contributed by atoms with Gasteiger partial charge in [-0.3, -0.25) is 0 Å². The SMILES string of the molecule is C=CC(N)(COC(C)c1cc(N)cc(N)c1)c1ccccc1. The molecule has 0 aromatic heterocycles. The molecule has 0 bridgehead atoms. The maximum atomic E-state index is 6.41. The molecule has 0 amide bonds. The minimum Gasteiger partial charge on any atom is -0.399 e. The lowest BCUT2D eigenvalue weighted by Crippen LogP contribution is -2.39. The molecule has 0 aliphatic carbocycles. The molecule has 116 valence electrons. The molecular formula is C18H23N3O. The van der Waals surface area contributed by atoms with Crippen molar-refractivity contribution in [3.8, 4) is 0 Å². The van der Waals surface area contributed by atoms with Crippen molar-refractivity contribution in [2.24, 2.45) is 5.73 Å². The minimum absolute atomic E-state index is 0.169. The molecule has 2 aromatic rings. The second-order valence-electron chi connectivity index (χ2n) is 5.50. The summed E-state index contributed by atoms with van der Waals surface area (Å²) in [6.45, 7) is 6.11. The summed E-state index contributed by atoms with van der Waals surface area (Å²) in [7, 11) is 0. The molecule has 0 aliphatic rings. The zero-order chi connectivity index (χ0) is 16.2. The van der Waals surface area contributed by atoms with Crippen molar-refractivity contribution in [2.45, 2.75) is 18.6 Å². The number of hydrogen-bond acceptors (Lipinski definition) is 4. The second-order valence-corrected chi connectivity index (χ2v) is 5.50. The molecule has 0 spiro atoms. The monoisotopic (exact) mass is 297 g/mol. The lowest BCUT2D eigenvalue weighted by atomic mass is 9.92. The first kappa shape index (κ1) is 16.1. The van der Waals surface area contributed by atoms with Crippen molar-refractivity contribution in [1.29, 1.82) is 0 Å². The van der Waals surface area contributed by atoms with Crippen LogP contribution in [0.4, 0.5) is 11.4 Å². The summed E-state index contributed by atoms with van der Waals surface area (Å²) < 4.78 is 5.94. The maximum absolute atomic E-state index is 6.41. The Morgan fingerprint density at radius 1 is 1.14 bits per heavy atom. The molecule has 2 rings (SSSR count). The van der Waals surface area contributed by atoms with E-state index < -0.39 is 5.54 Å². The number of nitrogens with two attached hydrogens (primary N) is 3. The van der Waals surface area contributed by atoms with E-state index in [0.29, 0.717) is 18.0 Å². The van der Waals surface area contributed by atoms with Crippen LogP contribution in [0.25, 0.3) is 0 Å². The van der Waals surface area contributed by atoms with E-state index in [4.69, 9.17) is 21.9 Å². The summed E-state index contributed by atoms with van der Waals surface area (Å²) in [5.41, 5.74) is 20.5. The quantitative estimate of drug-likeness (QED) is 0.565. The van der Waals surface area contributed by atoms with E-state index >= 15 is 0 Å². The van der Waals surface area contributed by atoms with Crippen LogP contribution in [0, 0.1) is 0 Å². The minimum atomic E-state index is -0.735. The molecule has 0 saturated heterocycles. The molecule has 0 heterocycles. The highest BCUT2D eigenvalue weighted by molar-refractivity contribution is 5.54. The van der Waals surface area contributed by atoms with Crippen LogP contribution in [0.1, 0.15) is 24.2 Å². The van der Waals surface area contributed by atoms with Gasteiger partial charge in [-0.15, -0.1) is 6.58 Å². The van der Waals surface area contributed by atoms with Gasteiger partial charge in [-0.2, -0.15) is 0 Å². The van der Waals surface area contributed by atoms with E-state index in [-0.39, 0.29) is 6.10 Å². The predicted molar refractivity (Wildman–Crippen MR) is 92.1 cm³/mol. The smallest absolute Gasteiger partial charge is 0.0830 e. The van der Waals surface area contributed by atoms with Crippen molar-refractivity contribution >= 4 is 11.4 Å². The van der Waals surface area contributed by atoms with Crippen molar-refractivity contribution in [3.05, 3.63) is 72.3 Å². The van der Waals surface area contributed by atoms with E-state index in [1.807, 2.05) is 49.4 Å². The van der Waals surface area contributed by atoms with Gasteiger partial charge >= 0.3 is 0 Å². The van der Waals surface area contributed by atoms with Gasteiger partial charge in [-0.05, 0) is 36.2 Å². The average molecular weight is 297 g/mol. The van der Waals surface area contributed by atoms with Gasteiger partial charge in [0.15, 0.2) is 0 Å². The Labute approximate surface area is 131 Å². The third kappa shape index (κ3) is 3.67. The molecule has 0 saturated carbocycles. The Bertz CT molecular complexity index is 622. The summed E-state index contributed by atoms with van der Waals surface area (Å²) in [4.78, 5) is 0. The first-order valence-corrected chi connectivity index (χ1v) is 7.20. The highest BCUT2D eigenvalue weighted by Gasteiger charge is 2.25. The van der Waals surface area contributed by atoms with E-state index in [1.54, 1.807) is 12.1 Å². The fourth-order valence-corrected chi connectivity index (χ4v) is 2.30.